The topological polar surface area (TPSA) is 84.0 Å². The predicted molar refractivity (Wildman–Crippen MR) is 110 cm³/mol. The molecule has 27 heavy (non-hydrogen) atoms. The van der Waals surface area contributed by atoms with Gasteiger partial charge in [0.25, 0.3) is 0 Å². The number of amides is 2. The first kappa shape index (κ1) is 21.0. The van der Waals surface area contributed by atoms with Crippen LogP contribution in [0.1, 0.15) is 52.0 Å². The molecular formula is C20H28N4O2S. The van der Waals surface area contributed by atoms with Gasteiger partial charge in [-0.05, 0) is 26.7 Å². The fourth-order valence-electron chi connectivity index (χ4n) is 2.67. The molecule has 0 spiro atoms. The number of aromatic nitrogens is 2. The molecule has 6 nitrogen and oxygen atoms in total. The number of hydrogen-bond acceptors (Lipinski definition) is 5. The van der Waals surface area contributed by atoms with Gasteiger partial charge in [-0.2, -0.15) is 0 Å². The van der Waals surface area contributed by atoms with Crippen molar-refractivity contribution in [3.63, 3.8) is 0 Å². The van der Waals surface area contributed by atoms with E-state index in [1.165, 1.54) is 16.9 Å². The van der Waals surface area contributed by atoms with Crippen LogP contribution in [0.15, 0.2) is 24.3 Å². The molecule has 0 unspecified atom stereocenters. The van der Waals surface area contributed by atoms with Crippen molar-refractivity contribution in [2.45, 2.75) is 59.4 Å². The van der Waals surface area contributed by atoms with Crippen molar-refractivity contribution < 1.29 is 9.59 Å². The second kappa shape index (κ2) is 10.2. The Bertz CT molecular complexity index is 758. The van der Waals surface area contributed by atoms with E-state index in [-0.39, 0.29) is 17.7 Å². The van der Waals surface area contributed by atoms with Gasteiger partial charge in [0.15, 0.2) is 0 Å². The fourth-order valence-corrected chi connectivity index (χ4v) is 3.42. The summed E-state index contributed by atoms with van der Waals surface area (Å²) in [5.41, 5.74) is 2.13. The molecule has 2 atom stereocenters. The zero-order valence-electron chi connectivity index (χ0n) is 16.4. The third kappa shape index (κ3) is 6.13. The molecule has 0 bridgehead atoms. The molecule has 7 heteroatoms. The quantitative estimate of drug-likeness (QED) is 0.675. The normalized spacial score (nSPS) is 13.0. The number of carbonyl (C=O) groups excluding carboxylic acids is 2. The van der Waals surface area contributed by atoms with Crippen LogP contribution in [-0.4, -0.2) is 28.1 Å². The highest BCUT2D eigenvalue weighted by Crippen LogP contribution is 2.26. The molecule has 146 valence electrons. The second-order valence-corrected chi connectivity index (χ2v) is 7.72. The van der Waals surface area contributed by atoms with Crippen molar-refractivity contribution in [2.75, 3.05) is 5.32 Å². The molecule has 1 heterocycles. The first-order valence-corrected chi connectivity index (χ1v) is 10.3. The van der Waals surface area contributed by atoms with Crippen LogP contribution in [0, 0.1) is 12.8 Å². The summed E-state index contributed by atoms with van der Waals surface area (Å²) in [7, 11) is 0. The van der Waals surface area contributed by atoms with E-state index < -0.39 is 6.04 Å². The Morgan fingerprint density at radius 1 is 1.11 bits per heavy atom. The van der Waals surface area contributed by atoms with Gasteiger partial charge in [-0.1, -0.05) is 67.9 Å². The third-order valence-electron chi connectivity index (χ3n) is 4.48. The van der Waals surface area contributed by atoms with E-state index in [4.69, 9.17) is 0 Å². The molecule has 0 aliphatic heterocycles. The highest BCUT2D eigenvalue weighted by Gasteiger charge is 2.22. The Balaban J connectivity index is 1.92. The molecular weight excluding hydrogens is 360 g/mol. The van der Waals surface area contributed by atoms with Crippen LogP contribution in [0.3, 0.4) is 0 Å². The van der Waals surface area contributed by atoms with Crippen LogP contribution in [0.5, 0.6) is 0 Å². The number of nitrogens with one attached hydrogen (secondary N) is 2. The van der Waals surface area contributed by atoms with E-state index in [1.807, 2.05) is 38.1 Å². The van der Waals surface area contributed by atoms with E-state index in [9.17, 15) is 9.59 Å². The Kier molecular flexibility index (Phi) is 7.91. The monoisotopic (exact) mass is 388 g/mol. The molecule has 0 fully saturated rings. The predicted octanol–water partition coefficient (Wildman–Crippen LogP) is 4.17. The van der Waals surface area contributed by atoms with Crippen molar-refractivity contribution in [1.29, 1.82) is 0 Å². The van der Waals surface area contributed by atoms with E-state index in [0.29, 0.717) is 5.13 Å². The molecule has 2 rings (SSSR count). The largest absolute Gasteiger partial charge is 0.344 e. The minimum Gasteiger partial charge on any atom is -0.344 e. The van der Waals surface area contributed by atoms with Gasteiger partial charge in [-0.3, -0.25) is 14.9 Å². The lowest BCUT2D eigenvalue weighted by Gasteiger charge is -2.18. The zero-order valence-corrected chi connectivity index (χ0v) is 17.2. The standard InChI is InChI=1S/C20H28N4O2S/c1-5-7-8-15(6-2)18(26)21-14(4)17(25)22-20-24-23-19(27-20)16-11-9-13(3)10-12-16/h9-12,14-15H,5-8H2,1-4H3,(H,21,26)(H,22,24,25)/t14-,15-/m1/s1. The maximum absolute atomic E-state index is 12.4. The number of hydrogen-bond donors (Lipinski definition) is 2. The van der Waals surface area contributed by atoms with Gasteiger partial charge in [0.05, 0.1) is 0 Å². The van der Waals surface area contributed by atoms with Gasteiger partial charge in [0.2, 0.25) is 16.9 Å². The van der Waals surface area contributed by atoms with Gasteiger partial charge in [0.1, 0.15) is 11.0 Å². The van der Waals surface area contributed by atoms with Crippen molar-refractivity contribution in [3.05, 3.63) is 29.8 Å². The van der Waals surface area contributed by atoms with Crippen molar-refractivity contribution in [3.8, 4) is 10.6 Å². The number of nitrogens with zero attached hydrogens (tertiary/aromatic N) is 2. The van der Waals surface area contributed by atoms with Crippen LogP contribution < -0.4 is 10.6 Å². The van der Waals surface area contributed by atoms with Crippen molar-refractivity contribution >= 4 is 28.3 Å². The molecule has 2 N–H and O–H groups in total. The Morgan fingerprint density at radius 3 is 2.44 bits per heavy atom. The molecule has 0 radical (unpaired) electrons. The van der Waals surface area contributed by atoms with Crippen LogP contribution in [0.2, 0.25) is 0 Å². The van der Waals surface area contributed by atoms with E-state index in [2.05, 4.69) is 27.8 Å². The summed E-state index contributed by atoms with van der Waals surface area (Å²) in [4.78, 5) is 24.7. The number of benzene rings is 1. The summed E-state index contributed by atoms with van der Waals surface area (Å²) in [5.74, 6) is -0.402. The first-order chi connectivity index (χ1) is 12.9. The van der Waals surface area contributed by atoms with Gasteiger partial charge in [-0.25, -0.2) is 0 Å². The molecule has 0 saturated carbocycles. The van der Waals surface area contributed by atoms with Crippen LogP contribution >= 0.6 is 11.3 Å². The summed E-state index contributed by atoms with van der Waals surface area (Å²) >= 11 is 1.31. The Morgan fingerprint density at radius 2 is 1.81 bits per heavy atom. The zero-order chi connectivity index (χ0) is 19.8. The maximum Gasteiger partial charge on any atom is 0.248 e. The summed E-state index contributed by atoms with van der Waals surface area (Å²) in [6.07, 6.45) is 3.69. The fraction of sp³-hybridized carbons (Fsp3) is 0.500. The Labute approximate surface area is 164 Å². The summed E-state index contributed by atoms with van der Waals surface area (Å²) in [5, 5.41) is 14.9. The maximum atomic E-state index is 12.4. The highest BCUT2D eigenvalue weighted by molar-refractivity contribution is 7.18. The molecule has 0 saturated heterocycles. The minimum atomic E-state index is -0.625. The van der Waals surface area contributed by atoms with Gasteiger partial charge in [0, 0.05) is 11.5 Å². The lowest BCUT2D eigenvalue weighted by atomic mass is 9.98. The van der Waals surface area contributed by atoms with E-state index in [1.54, 1.807) is 6.92 Å². The first-order valence-electron chi connectivity index (χ1n) is 9.46. The summed E-state index contributed by atoms with van der Waals surface area (Å²) in [6.45, 7) is 7.81. The van der Waals surface area contributed by atoms with Gasteiger partial charge >= 0.3 is 0 Å². The summed E-state index contributed by atoms with van der Waals surface area (Å²) in [6, 6.07) is 7.35. The lowest BCUT2D eigenvalue weighted by Crippen LogP contribution is -2.44. The number of carbonyl (C=O) groups is 2. The minimum absolute atomic E-state index is 0.0464. The molecule has 1 aromatic carbocycles. The van der Waals surface area contributed by atoms with Crippen molar-refractivity contribution in [2.24, 2.45) is 5.92 Å². The molecule has 0 aliphatic rings. The third-order valence-corrected chi connectivity index (χ3v) is 5.36. The smallest absolute Gasteiger partial charge is 0.248 e. The van der Waals surface area contributed by atoms with Gasteiger partial charge in [-0.15, -0.1) is 10.2 Å². The van der Waals surface area contributed by atoms with E-state index >= 15 is 0 Å². The highest BCUT2D eigenvalue weighted by atomic mass is 32.1. The number of rotatable bonds is 9. The average Bonchev–Trinajstić information content (AvgIpc) is 3.11. The van der Waals surface area contributed by atoms with E-state index in [0.717, 1.165) is 36.3 Å². The molecule has 0 aliphatic carbocycles. The number of unbranched alkanes of at least 4 members (excludes halogenated alkanes) is 1. The van der Waals surface area contributed by atoms with Crippen LogP contribution in [0.25, 0.3) is 10.6 Å². The average molecular weight is 389 g/mol. The molecule has 2 amide bonds. The van der Waals surface area contributed by atoms with Crippen molar-refractivity contribution in [1.82, 2.24) is 15.5 Å². The lowest BCUT2D eigenvalue weighted by molar-refractivity contribution is -0.129. The molecule has 1 aromatic heterocycles. The SMILES string of the molecule is CCCC[C@@H](CC)C(=O)N[C@H](C)C(=O)Nc1nnc(-c2ccc(C)cc2)s1. The molecule has 2 aromatic rings. The van der Waals surface area contributed by atoms with Gasteiger partial charge < -0.3 is 5.32 Å². The number of aryl methyl sites for hydroxylation is 1. The number of anilines is 1. The van der Waals surface area contributed by atoms with Crippen LogP contribution in [-0.2, 0) is 9.59 Å². The summed E-state index contributed by atoms with van der Waals surface area (Å²) < 4.78 is 0. The second-order valence-electron chi connectivity index (χ2n) is 6.75. The van der Waals surface area contributed by atoms with Crippen LogP contribution in [0.4, 0.5) is 5.13 Å². The Hall–Kier alpha value is -2.28.